The van der Waals surface area contributed by atoms with Crippen molar-refractivity contribution in [2.45, 2.75) is 23.7 Å². The molecule has 0 atom stereocenters. The fourth-order valence-electron chi connectivity index (χ4n) is 3.13. The standard InChI is InChI=1S/C17H21N3O4S2/c21-20(22)15-3-5-16(6-4-15)26(23,24)18-9-12-19-10-7-14(8-11-19)17-2-1-13-25-17/h1-6,13-14,18H,7-12H2. The second-order valence-corrected chi connectivity index (χ2v) is 9.03. The molecule has 0 radical (unpaired) electrons. The van der Waals surface area contributed by atoms with E-state index in [2.05, 4.69) is 27.1 Å². The van der Waals surface area contributed by atoms with Gasteiger partial charge in [-0.15, -0.1) is 11.3 Å². The number of rotatable bonds is 7. The molecule has 140 valence electrons. The van der Waals surface area contributed by atoms with Crippen LogP contribution in [0.15, 0.2) is 46.7 Å². The number of hydrogen-bond acceptors (Lipinski definition) is 6. The predicted octanol–water partition coefficient (Wildman–Crippen LogP) is 2.81. The highest BCUT2D eigenvalue weighted by molar-refractivity contribution is 7.89. The molecule has 9 heteroatoms. The predicted molar refractivity (Wildman–Crippen MR) is 101 cm³/mol. The first kappa shape index (κ1) is 19.0. The van der Waals surface area contributed by atoms with Gasteiger partial charge < -0.3 is 4.90 Å². The minimum Gasteiger partial charge on any atom is -0.302 e. The molecular weight excluding hydrogens is 374 g/mol. The number of sulfonamides is 1. The molecule has 7 nitrogen and oxygen atoms in total. The average molecular weight is 396 g/mol. The Morgan fingerprint density at radius 2 is 1.88 bits per heavy atom. The molecule has 3 rings (SSSR count). The second kappa shape index (κ2) is 8.26. The van der Waals surface area contributed by atoms with Crippen LogP contribution in [-0.2, 0) is 10.0 Å². The average Bonchev–Trinajstić information content (AvgIpc) is 3.17. The van der Waals surface area contributed by atoms with Crippen molar-refractivity contribution in [1.82, 2.24) is 9.62 Å². The van der Waals surface area contributed by atoms with E-state index in [4.69, 9.17) is 0 Å². The second-order valence-electron chi connectivity index (χ2n) is 6.28. The zero-order valence-electron chi connectivity index (χ0n) is 14.2. The maximum atomic E-state index is 12.3. The van der Waals surface area contributed by atoms with Crippen molar-refractivity contribution in [3.8, 4) is 0 Å². The Morgan fingerprint density at radius 3 is 2.46 bits per heavy atom. The van der Waals surface area contributed by atoms with Crippen LogP contribution in [0.2, 0.25) is 0 Å². The van der Waals surface area contributed by atoms with Crippen molar-refractivity contribution in [1.29, 1.82) is 0 Å². The van der Waals surface area contributed by atoms with E-state index in [-0.39, 0.29) is 10.6 Å². The molecule has 0 amide bonds. The maximum absolute atomic E-state index is 12.3. The van der Waals surface area contributed by atoms with Gasteiger partial charge in [0, 0.05) is 30.1 Å². The van der Waals surface area contributed by atoms with Crippen LogP contribution in [0.4, 0.5) is 5.69 Å². The normalized spacial score (nSPS) is 16.6. The number of thiophene rings is 1. The van der Waals surface area contributed by atoms with Crippen LogP contribution in [0.3, 0.4) is 0 Å². The van der Waals surface area contributed by atoms with E-state index >= 15 is 0 Å². The van der Waals surface area contributed by atoms with E-state index < -0.39 is 14.9 Å². The van der Waals surface area contributed by atoms with Crippen LogP contribution in [0.25, 0.3) is 0 Å². The number of hydrogen-bond donors (Lipinski definition) is 1. The van der Waals surface area contributed by atoms with E-state index in [1.807, 2.05) is 0 Å². The van der Waals surface area contributed by atoms with Crippen LogP contribution in [0.5, 0.6) is 0 Å². The number of nitro benzene ring substituents is 1. The molecular formula is C17H21N3O4S2. The Balaban J connectivity index is 1.46. The van der Waals surface area contributed by atoms with Crippen molar-refractivity contribution in [3.05, 3.63) is 56.8 Å². The minimum absolute atomic E-state index is 0.0412. The molecule has 0 bridgehead atoms. The van der Waals surface area contributed by atoms with Gasteiger partial charge in [0.2, 0.25) is 10.0 Å². The van der Waals surface area contributed by atoms with Gasteiger partial charge in [-0.1, -0.05) is 6.07 Å². The van der Waals surface area contributed by atoms with Crippen LogP contribution >= 0.6 is 11.3 Å². The number of benzene rings is 1. The largest absolute Gasteiger partial charge is 0.302 e. The summed E-state index contributed by atoms with van der Waals surface area (Å²) in [4.78, 5) is 13.8. The molecule has 1 aromatic carbocycles. The number of piperidine rings is 1. The minimum atomic E-state index is -3.65. The summed E-state index contributed by atoms with van der Waals surface area (Å²) in [5.74, 6) is 0.614. The van der Waals surface area contributed by atoms with Crippen LogP contribution in [0.1, 0.15) is 23.6 Å². The Kier molecular flexibility index (Phi) is 6.02. The number of nitrogens with zero attached hydrogens (tertiary/aromatic N) is 2. The Bertz CT molecular complexity index is 827. The Morgan fingerprint density at radius 1 is 1.19 bits per heavy atom. The molecule has 0 unspecified atom stereocenters. The SMILES string of the molecule is O=[N+]([O-])c1ccc(S(=O)(=O)NCCN2CCC(c3cccs3)CC2)cc1. The molecule has 0 aliphatic carbocycles. The van der Waals surface area contributed by atoms with E-state index in [9.17, 15) is 18.5 Å². The molecule has 1 aliphatic rings. The van der Waals surface area contributed by atoms with Gasteiger partial charge in [-0.2, -0.15) is 0 Å². The number of nitro groups is 1. The molecule has 0 spiro atoms. The highest BCUT2D eigenvalue weighted by Gasteiger charge is 2.22. The lowest BCUT2D eigenvalue weighted by Gasteiger charge is -2.31. The van der Waals surface area contributed by atoms with E-state index in [0.29, 0.717) is 19.0 Å². The quantitative estimate of drug-likeness (QED) is 0.575. The lowest BCUT2D eigenvalue weighted by Crippen LogP contribution is -2.39. The van der Waals surface area contributed by atoms with Gasteiger partial charge in [0.25, 0.3) is 5.69 Å². The van der Waals surface area contributed by atoms with Crippen molar-refractivity contribution in [3.63, 3.8) is 0 Å². The summed E-state index contributed by atoms with van der Waals surface area (Å²) < 4.78 is 27.1. The van der Waals surface area contributed by atoms with Crippen LogP contribution in [0, 0.1) is 10.1 Å². The first-order valence-electron chi connectivity index (χ1n) is 8.45. The Hall–Kier alpha value is -1.81. The zero-order chi connectivity index (χ0) is 18.6. The van der Waals surface area contributed by atoms with Crippen molar-refractivity contribution >= 4 is 27.0 Å². The Labute approximate surface area is 156 Å². The summed E-state index contributed by atoms with van der Waals surface area (Å²) in [5.41, 5.74) is -0.127. The van der Waals surface area contributed by atoms with Gasteiger partial charge >= 0.3 is 0 Å². The van der Waals surface area contributed by atoms with E-state index in [1.54, 1.807) is 11.3 Å². The van der Waals surface area contributed by atoms with E-state index in [0.717, 1.165) is 25.9 Å². The zero-order valence-corrected chi connectivity index (χ0v) is 15.8. The number of likely N-dealkylation sites (tertiary alicyclic amines) is 1. The van der Waals surface area contributed by atoms with Crippen molar-refractivity contribution in [2.75, 3.05) is 26.2 Å². The molecule has 1 aromatic heterocycles. The molecule has 26 heavy (non-hydrogen) atoms. The van der Waals surface area contributed by atoms with Gasteiger partial charge in [0.05, 0.1) is 9.82 Å². The third-order valence-electron chi connectivity index (χ3n) is 4.61. The van der Waals surface area contributed by atoms with Crippen molar-refractivity contribution < 1.29 is 13.3 Å². The summed E-state index contributed by atoms with van der Waals surface area (Å²) in [6.45, 7) is 2.90. The van der Waals surface area contributed by atoms with Crippen LogP contribution in [-0.4, -0.2) is 44.4 Å². The summed E-state index contributed by atoms with van der Waals surface area (Å²) in [7, 11) is -3.65. The molecule has 1 saturated heterocycles. The number of non-ortho nitro benzene ring substituents is 1. The first-order valence-corrected chi connectivity index (χ1v) is 10.8. The number of nitrogens with one attached hydrogen (secondary N) is 1. The van der Waals surface area contributed by atoms with Gasteiger partial charge in [-0.3, -0.25) is 10.1 Å². The van der Waals surface area contributed by atoms with Gasteiger partial charge in [0.1, 0.15) is 0 Å². The smallest absolute Gasteiger partial charge is 0.269 e. The topological polar surface area (TPSA) is 92.5 Å². The highest BCUT2D eigenvalue weighted by Crippen LogP contribution is 2.30. The summed E-state index contributed by atoms with van der Waals surface area (Å²) >= 11 is 1.80. The molecule has 2 heterocycles. The van der Waals surface area contributed by atoms with E-state index in [1.165, 1.54) is 29.1 Å². The molecule has 1 fully saturated rings. The van der Waals surface area contributed by atoms with Crippen molar-refractivity contribution in [2.24, 2.45) is 0 Å². The lowest BCUT2D eigenvalue weighted by atomic mass is 9.95. The molecule has 1 N–H and O–H groups in total. The molecule has 0 saturated carbocycles. The summed E-state index contributed by atoms with van der Waals surface area (Å²) in [6, 6.07) is 9.18. The third-order valence-corrected chi connectivity index (χ3v) is 7.12. The van der Waals surface area contributed by atoms with Gasteiger partial charge in [-0.05, 0) is 55.4 Å². The van der Waals surface area contributed by atoms with Gasteiger partial charge in [0.15, 0.2) is 0 Å². The van der Waals surface area contributed by atoms with Gasteiger partial charge in [-0.25, -0.2) is 13.1 Å². The maximum Gasteiger partial charge on any atom is 0.269 e. The lowest BCUT2D eigenvalue weighted by molar-refractivity contribution is -0.384. The fraction of sp³-hybridized carbons (Fsp3) is 0.412. The first-order chi connectivity index (χ1) is 12.5. The third kappa shape index (κ3) is 4.67. The monoisotopic (exact) mass is 395 g/mol. The highest BCUT2D eigenvalue weighted by atomic mass is 32.2. The molecule has 1 aliphatic heterocycles. The summed E-state index contributed by atoms with van der Waals surface area (Å²) in [5, 5.41) is 12.7. The molecule has 2 aromatic rings. The van der Waals surface area contributed by atoms with Crippen LogP contribution < -0.4 is 4.72 Å². The fourth-order valence-corrected chi connectivity index (χ4v) is 5.05. The summed E-state index contributed by atoms with van der Waals surface area (Å²) in [6.07, 6.45) is 2.19.